The van der Waals surface area contributed by atoms with Crippen LogP contribution < -0.4 is 15.0 Å². The summed E-state index contributed by atoms with van der Waals surface area (Å²) in [5.74, 6) is 1.59. The lowest BCUT2D eigenvalue weighted by Gasteiger charge is -2.35. The Morgan fingerprint density at radius 2 is 1.79 bits per heavy atom. The zero-order valence-electron chi connectivity index (χ0n) is 16.1. The molecule has 0 bridgehead atoms. The number of amides is 1. The summed E-state index contributed by atoms with van der Waals surface area (Å²) < 4.78 is 5.48. The number of nitrogens with zero attached hydrogens (tertiary/aromatic N) is 4. The van der Waals surface area contributed by atoms with Crippen molar-refractivity contribution < 1.29 is 9.53 Å². The standard InChI is InChI=1S/C21H23N5O2/c1-15(27)25-10-12-26(13-11-25)17-8-6-16(7-9-17)24-21-20-18(22-14-23-21)4-3-5-19(20)28-2/h3-9,14H,10-13H2,1-2H3,(H,22,23,24). The molecule has 1 aliphatic rings. The maximum Gasteiger partial charge on any atom is 0.219 e. The van der Waals surface area contributed by atoms with Gasteiger partial charge in [-0.25, -0.2) is 9.97 Å². The highest BCUT2D eigenvalue weighted by Crippen LogP contribution is 2.31. The Morgan fingerprint density at radius 3 is 2.46 bits per heavy atom. The van der Waals surface area contributed by atoms with Gasteiger partial charge in [-0.05, 0) is 36.4 Å². The molecule has 7 nitrogen and oxygen atoms in total. The molecule has 144 valence electrons. The van der Waals surface area contributed by atoms with Crippen LogP contribution in [-0.2, 0) is 4.79 Å². The van der Waals surface area contributed by atoms with E-state index in [1.807, 2.05) is 35.2 Å². The molecule has 1 fully saturated rings. The number of anilines is 3. The van der Waals surface area contributed by atoms with E-state index in [9.17, 15) is 4.79 Å². The van der Waals surface area contributed by atoms with Crippen LogP contribution in [0.2, 0.25) is 0 Å². The van der Waals surface area contributed by atoms with E-state index in [1.165, 1.54) is 0 Å². The average molecular weight is 377 g/mol. The van der Waals surface area contributed by atoms with E-state index in [0.717, 1.165) is 54.2 Å². The van der Waals surface area contributed by atoms with Crippen LogP contribution in [0.3, 0.4) is 0 Å². The van der Waals surface area contributed by atoms with Crippen LogP contribution in [0.4, 0.5) is 17.2 Å². The maximum absolute atomic E-state index is 11.5. The van der Waals surface area contributed by atoms with Crippen LogP contribution in [0.15, 0.2) is 48.8 Å². The molecule has 0 saturated carbocycles. The van der Waals surface area contributed by atoms with Gasteiger partial charge in [0, 0.05) is 44.5 Å². The quantitative estimate of drug-likeness (QED) is 0.754. The summed E-state index contributed by atoms with van der Waals surface area (Å²) in [6.45, 7) is 4.85. The van der Waals surface area contributed by atoms with Crippen molar-refractivity contribution >= 4 is 34.0 Å². The van der Waals surface area contributed by atoms with Crippen molar-refractivity contribution in [1.82, 2.24) is 14.9 Å². The van der Waals surface area contributed by atoms with Crippen LogP contribution >= 0.6 is 0 Å². The summed E-state index contributed by atoms with van der Waals surface area (Å²) in [5, 5.41) is 4.23. The number of nitrogens with one attached hydrogen (secondary N) is 1. The predicted octanol–water partition coefficient (Wildman–Crippen LogP) is 3.05. The number of benzene rings is 2. The summed E-state index contributed by atoms with van der Waals surface area (Å²) in [6.07, 6.45) is 1.55. The van der Waals surface area contributed by atoms with Gasteiger partial charge in [0.2, 0.25) is 5.91 Å². The van der Waals surface area contributed by atoms with Crippen molar-refractivity contribution in [3.8, 4) is 5.75 Å². The molecule has 1 amide bonds. The van der Waals surface area contributed by atoms with Gasteiger partial charge in [-0.2, -0.15) is 0 Å². The van der Waals surface area contributed by atoms with Crippen LogP contribution in [0.5, 0.6) is 5.75 Å². The summed E-state index contributed by atoms with van der Waals surface area (Å²) in [5.41, 5.74) is 2.92. The Kier molecular flexibility index (Phi) is 4.97. The third-order valence-electron chi connectivity index (χ3n) is 5.06. The first-order valence-corrected chi connectivity index (χ1v) is 9.31. The van der Waals surface area contributed by atoms with Gasteiger partial charge in [-0.3, -0.25) is 4.79 Å². The molecule has 0 radical (unpaired) electrons. The van der Waals surface area contributed by atoms with Crippen molar-refractivity contribution in [2.24, 2.45) is 0 Å². The second-order valence-corrected chi connectivity index (χ2v) is 6.74. The number of hydrogen-bond donors (Lipinski definition) is 1. The largest absolute Gasteiger partial charge is 0.496 e. The lowest BCUT2D eigenvalue weighted by Crippen LogP contribution is -2.48. The average Bonchev–Trinajstić information content (AvgIpc) is 2.74. The highest BCUT2D eigenvalue weighted by atomic mass is 16.5. The predicted molar refractivity (Wildman–Crippen MR) is 110 cm³/mol. The van der Waals surface area contributed by atoms with Gasteiger partial charge in [0.15, 0.2) is 0 Å². The fraction of sp³-hybridized carbons (Fsp3) is 0.286. The molecule has 3 aromatic rings. The van der Waals surface area contributed by atoms with E-state index >= 15 is 0 Å². The Labute approximate surface area is 164 Å². The molecule has 0 spiro atoms. The van der Waals surface area contributed by atoms with Crippen LogP contribution in [-0.4, -0.2) is 54.1 Å². The number of fused-ring (bicyclic) bond motifs is 1. The van der Waals surface area contributed by atoms with Gasteiger partial charge < -0.3 is 19.9 Å². The molecular formula is C21H23N5O2. The third-order valence-corrected chi connectivity index (χ3v) is 5.06. The second-order valence-electron chi connectivity index (χ2n) is 6.74. The van der Waals surface area contributed by atoms with Crippen molar-refractivity contribution in [3.63, 3.8) is 0 Å². The summed E-state index contributed by atoms with van der Waals surface area (Å²) >= 11 is 0. The van der Waals surface area contributed by atoms with Crippen LogP contribution in [0.25, 0.3) is 10.9 Å². The second kappa shape index (κ2) is 7.72. The molecule has 1 saturated heterocycles. The zero-order valence-corrected chi connectivity index (χ0v) is 16.1. The van der Waals surface area contributed by atoms with Crippen LogP contribution in [0, 0.1) is 0 Å². The van der Waals surface area contributed by atoms with Gasteiger partial charge in [-0.15, -0.1) is 0 Å². The molecule has 1 aromatic heterocycles. The van der Waals surface area contributed by atoms with Gasteiger partial charge in [0.05, 0.1) is 18.0 Å². The Balaban J connectivity index is 1.52. The first-order chi connectivity index (χ1) is 13.7. The van der Waals surface area contributed by atoms with E-state index < -0.39 is 0 Å². The molecule has 0 unspecified atom stereocenters. The minimum Gasteiger partial charge on any atom is -0.496 e. The molecule has 0 aliphatic carbocycles. The van der Waals surface area contributed by atoms with Crippen molar-refractivity contribution in [2.45, 2.75) is 6.92 Å². The Hall–Kier alpha value is -3.35. The minimum absolute atomic E-state index is 0.145. The molecule has 2 heterocycles. The lowest BCUT2D eigenvalue weighted by molar-refractivity contribution is -0.129. The van der Waals surface area contributed by atoms with E-state index in [-0.39, 0.29) is 5.91 Å². The molecule has 4 rings (SSSR count). The number of carbonyl (C=O) groups is 1. The highest BCUT2D eigenvalue weighted by molar-refractivity contribution is 5.95. The van der Waals surface area contributed by atoms with Crippen LogP contribution in [0.1, 0.15) is 6.92 Å². The number of rotatable bonds is 4. The number of methoxy groups -OCH3 is 1. The SMILES string of the molecule is COc1cccc2ncnc(Nc3ccc(N4CCN(C(C)=O)CC4)cc3)c12. The topological polar surface area (TPSA) is 70.6 Å². The fourth-order valence-electron chi connectivity index (χ4n) is 3.52. The maximum atomic E-state index is 11.5. The minimum atomic E-state index is 0.145. The third kappa shape index (κ3) is 3.55. The Morgan fingerprint density at radius 1 is 1.04 bits per heavy atom. The molecule has 2 aromatic carbocycles. The number of ether oxygens (including phenoxy) is 1. The van der Waals surface area contributed by atoms with Gasteiger partial charge in [0.25, 0.3) is 0 Å². The molecule has 28 heavy (non-hydrogen) atoms. The van der Waals surface area contributed by atoms with Gasteiger partial charge in [-0.1, -0.05) is 6.07 Å². The monoisotopic (exact) mass is 377 g/mol. The Bertz CT molecular complexity index is 977. The van der Waals surface area contributed by atoms with Gasteiger partial charge >= 0.3 is 0 Å². The summed E-state index contributed by atoms with van der Waals surface area (Å²) in [7, 11) is 1.65. The smallest absolute Gasteiger partial charge is 0.219 e. The molecule has 7 heteroatoms. The first kappa shape index (κ1) is 18.0. The number of piperazine rings is 1. The van der Waals surface area contributed by atoms with E-state index in [2.05, 4.69) is 32.3 Å². The fourth-order valence-corrected chi connectivity index (χ4v) is 3.52. The number of carbonyl (C=O) groups excluding carboxylic acids is 1. The molecule has 0 atom stereocenters. The number of hydrogen-bond acceptors (Lipinski definition) is 6. The lowest BCUT2D eigenvalue weighted by atomic mass is 10.2. The number of aromatic nitrogens is 2. The van der Waals surface area contributed by atoms with E-state index in [1.54, 1.807) is 20.4 Å². The zero-order chi connectivity index (χ0) is 19.5. The van der Waals surface area contributed by atoms with Crippen molar-refractivity contribution in [3.05, 3.63) is 48.8 Å². The molecular weight excluding hydrogens is 354 g/mol. The van der Waals surface area contributed by atoms with Gasteiger partial charge in [0.1, 0.15) is 17.9 Å². The van der Waals surface area contributed by atoms with Crippen molar-refractivity contribution in [2.75, 3.05) is 43.5 Å². The summed E-state index contributed by atoms with van der Waals surface area (Å²) in [4.78, 5) is 24.4. The van der Waals surface area contributed by atoms with E-state index in [4.69, 9.17) is 4.74 Å². The normalized spacial score (nSPS) is 14.2. The van der Waals surface area contributed by atoms with Crippen molar-refractivity contribution in [1.29, 1.82) is 0 Å². The molecule has 1 N–H and O–H groups in total. The van der Waals surface area contributed by atoms with E-state index in [0.29, 0.717) is 5.82 Å². The highest BCUT2D eigenvalue weighted by Gasteiger charge is 2.18. The molecule has 1 aliphatic heterocycles. The first-order valence-electron chi connectivity index (χ1n) is 9.31. The summed E-state index contributed by atoms with van der Waals surface area (Å²) in [6, 6.07) is 14.0.